The number of pyridine rings is 1. The van der Waals surface area contributed by atoms with Crippen LogP contribution in [0.15, 0.2) is 10.5 Å². The van der Waals surface area contributed by atoms with E-state index < -0.39 is 40.0 Å². The van der Waals surface area contributed by atoms with Gasteiger partial charge in [0.2, 0.25) is 0 Å². The molecule has 94 valence electrons. The fourth-order valence-electron chi connectivity index (χ4n) is 0.995. The van der Waals surface area contributed by atoms with E-state index in [1.54, 1.807) is 0 Å². The van der Waals surface area contributed by atoms with Gasteiger partial charge in [0, 0.05) is 0 Å². The van der Waals surface area contributed by atoms with E-state index in [9.17, 15) is 26.7 Å². The molecule has 0 spiro atoms. The third-order valence-corrected chi connectivity index (χ3v) is 2.54. The van der Waals surface area contributed by atoms with Crippen LogP contribution in [0.5, 0.6) is 0 Å². The maximum atomic E-state index is 12.4. The van der Waals surface area contributed by atoms with Crippen LogP contribution < -0.4 is 0 Å². The minimum atomic E-state index is -4.99. The molecule has 0 aliphatic rings. The molecule has 0 atom stereocenters. The summed E-state index contributed by atoms with van der Waals surface area (Å²) in [4.78, 5) is 13.3. The number of rotatable bonds is 2. The Kier molecular flexibility index (Phi) is 3.70. The number of carboxylic acids is 1. The normalized spacial score (nSPS) is 11.9. The molecule has 1 N–H and O–H groups in total. The summed E-state index contributed by atoms with van der Waals surface area (Å²) < 4.78 is 61.0. The first-order valence-corrected chi connectivity index (χ1v) is 4.73. The summed E-state index contributed by atoms with van der Waals surface area (Å²) in [6.07, 6.45) is -8.31. The second-order valence-corrected chi connectivity index (χ2v) is 3.65. The van der Waals surface area contributed by atoms with Crippen LogP contribution in [0.4, 0.5) is 22.0 Å². The molecule has 0 aliphatic heterocycles. The summed E-state index contributed by atoms with van der Waals surface area (Å²) in [5.41, 5.74) is -3.84. The zero-order chi connectivity index (χ0) is 13.4. The lowest BCUT2D eigenvalue weighted by molar-refractivity contribution is -0.141. The van der Waals surface area contributed by atoms with Crippen LogP contribution in [-0.4, -0.2) is 16.1 Å². The van der Waals surface area contributed by atoms with Gasteiger partial charge in [0.05, 0.1) is 10.0 Å². The number of hydrogen-bond acceptors (Lipinski definition) is 2. The number of aromatic carboxylic acids is 1. The van der Waals surface area contributed by atoms with E-state index in [1.165, 1.54) is 0 Å². The Hall–Kier alpha value is -1.25. The SMILES string of the molecule is O=C(O)c1cc(C(F)(F)F)nc(C(F)F)c1Br. The van der Waals surface area contributed by atoms with Gasteiger partial charge in [-0.3, -0.25) is 0 Å². The highest BCUT2D eigenvalue weighted by Gasteiger charge is 2.36. The highest BCUT2D eigenvalue weighted by molar-refractivity contribution is 9.10. The van der Waals surface area contributed by atoms with Crippen LogP contribution in [0.2, 0.25) is 0 Å². The van der Waals surface area contributed by atoms with E-state index in [1.807, 2.05) is 0 Å². The number of carbonyl (C=O) groups is 1. The van der Waals surface area contributed by atoms with Gasteiger partial charge in [0.1, 0.15) is 11.4 Å². The Balaban J connectivity index is 3.53. The van der Waals surface area contributed by atoms with Crippen LogP contribution in [0.3, 0.4) is 0 Å². The first-order chi connectivity index (χ1) is 7.64. The molecule has 0 aliphatic carbocycles. The summed E-state index contributed by atoms with van der Waals surface area (Å²) in [6, 6.07) is 0.193. The lowest BCUT2D eigenvalue weighted by Crippen LogP contribution is -2.13. The molecule has 9 heteroatoms. The number of nitrogens with zero attached hydrogens (tertiary/aromatic N) is 1. The summed E-state index contributed by atoms with van der Waals surface area (Å²) in [5.74, 6) is -1.76. The highest BCUT2D eigenvalue weighted by Crippen LogP contribution is 2.35. The molecule has 1 aromatic rings. The molecule has 0 saturated carbocycles. The lowest BCUT2D eigenvalue weighted by Gasteiger charge is -2.11. The van der Waals surface area contributed by atoms with Crippen molar-refractivity contribution in [2.45, 2.75) is 12.6 Å². The van der Waals surface area contributed by atoms with Crippen LogP contribution >= 0.6 is 15.9 Å². The molecule has 0 unspecified atom stereocenters. The third-order valence-electron chi connectivity index (χ3n) is 1.71. The third kappa shape index (κ3) is 2.90. The summed E-state index contributed by atoms with van der Waals surface area (Å²) in [7, 11) is 0. The van der Waals surface area contributed by atoms with E-state index in [0.29, 0.717) is 0 Å². The first-order valence-electron chi connectivity index (χ1n) is 3.93. The summed E-state index contributed by atoms with van der Waals surface area (Å²) in [5, 5.41) is 8.59. The number of carboxylic acid groups (broad SMARTS) is 1. The van der Waals surface area contributed by atoms with Crippen molar-refractivity contribution < 1.29 is 31.9 Å². The van der Waals surface area contributed by atoms with E-state index >= 15 is 0 Å². The monoisotopic (exact) mass is 319 g/mol. The van der Waals surface area contributed by atoms with Gasteiger partial charge in [0.25, 0.3) is 6.43 Å². The van der Waals surface area contributed by atoms with Crippen molar-refractivity contribution in [2.75, 3.05) is 0 Å². The van der Waals surface area contributed by atoms with Gasteiger partial charge in [-0.25, -0.2) is 18.6 Å². The molecule has 3 nitrogen and oxygen atoms in total. The quantitative estimate of drug-likeness (QED) is 0.849. The van der Waals surface area contributed by atoms with Gasteiger partial charge in [0.15, 0.2) is 0 Å². The van der Waals surface area contributed by atoms with Crippen molar-refractivity contribution in [1.82, 2.24) is 4.98 Å². The average molecular weight is 320 g/mol. The van der Waals surface area contributed by atoms with Crippen molar-refractivity contribution in [2.24, 2.45) is 0 Å². The maximum Gasteiger partial charge on any atom is 0.433 e. The molecule has 0 bridgehead atoms. The Bertz CT molecular complexity index is 460. The van der Waals surface area contributed by atoms with E-state index in [-0.39, 0.29) is 6.07 Å². The second-order valence-electron chi connectivity index (χ2n) is 2.86. The van der Waals surface area contributed by atoms with Gasteiger partial charge in [-0.15, -0.1) is 0 Å². The van der Waals surface area contributed by atoms with E-state index in [4.69, 9.17) is 5.11 Å². The Morgan fingerprint density at radius 1 is 1.41 bits per heavy atom. The minimum absolute atomic E-state index is 0.193. The second kappa shape index (κ2) is 4.55. The summed E-state index contributed by atoms with van der Waals surface area (Å²) >= 11 is 2.49. The number of aromatic nitrogens is 1. The standard InChI is InChI=1S/C8H3BrF5NO2/c9-4-2(7(16)17)1-3(8(12,13)14)15-5(4)6(10)11/h1,6H,(H,16,17). The van der Waals surface area contributed by atoms with Crippen LogP contribution in [0.25, 0.3) is 0 Å². The highest BCUT2D eigenvalue weighted by atomic mass is 79.9. The van der Waals surface area contributed by atoms with Crippen molar-refractivity contribution >= 4 is 21.9 Å². The lowest BCUT2D eigenvalue weighted by atomic mass is 10.2. The largest absolute Gasteiger partial charge is 0.478 e. The molecule has 17 heavy (non-hydrogen) atoms. The van der Waals surface area contributed by atoms with Crippen LogP contribution in [0.1, 0.15) is 28.2 Å². The molecule has 0 radical (unpaired) electrons. The molecule has 0 aromatic carbocycles. The Morgan fingerprint density at radius 3 is 2.29 bits per heavy atom. The number of alkyl halides is 5. The maximum absolute atomic E-state index is 12.4. The molecule has 0 amide bonds. The van der Waals surface area contributed by atoms with Gasteiger partial charge in [-0.2, -0.15) is 13.2 Å². The molecular formula is C8H3BrF5NO2. The van der Waals surface area contributed by atoms with Crippen molar-refractivity contribution in [3.63, 3.8) is 0 Å². The zero-order valence-corrected chi connectivity index (χ0v) is 9.31. The molecule has 0 fully saturated rings. The van der Waals surface area contributed by atoms with E-state index in [2.05, 4.69) is 20.9 Å². The summed E-state index contributed by atoms with van der Waals surface area (Å²) in [6.45, 7) is 0. The Morgan fingerprint density at radius 2 is 1.94 bits per heavy atom. The van der Waals surface area contributed by atoms with Gasteiger partial charge >= 0.3 is 12.1 Å². The van der Waals surface area contributed by atoms with E-state index in [0.717, 1.165) is 0 Å². The van der Waals surface area contributed by atoms with Gasteiger partial charge in [-0.1, -0.05) is 0 Å². The predicted octanol–water partition coefficient (Wildman–Crippen LogP) is 3.50. The molecule has 1 rings (SSSR count). The molecule has 1 aromatic heterocycles. The fraction of sp³-hybridized carbons (Fsp3) is 0.250. The molecular weight excluding hydrogens is 317 g/mol. The van der Waals surface area contributed by atoms with Crippen molar-refractivity contribution in [3.05, 3.63) is 27.5 Å². The van der Waals surface area contributed by atoms with Gasteiger partial charge < -0.3 is 5.11 Å². The van der Waals surface area contributed by atoms with Crippen molar-refractivity contribution in [1.29, 1.82) is 0 Å². The topological polar surface area (TPSA) is 50.2 Å². The Labute approximate surface area is 99.4 Å². The molecule has 0 saturated heterocycles. The minimum Gasteiger partial charge on any atom is -0.478 e. The zero-order valence-electron chi connectivity index (χ0n) is 7.73. The smallest absolute Gasteiger partial charge is 0.433 e. The fourth-order valence-corrected chi connectivity index (χ4v) is 1.54. The first kappa shape index (κ1) is 13.8. The molecule has 1 heterocycles. The number of hydrogen-bond donors (Lipinski definition) is 1. The van der Waals surface area contributed by atoms with Crippen molar-refractivity contribution in [3.8, 4) is 0 Å². The predicted molar refractivity (Wildman–Crippen MR) is 48.9 cm³/mol. The number of halogens is 6. The van der Waals surface area contributed by atoms with Crippen LogP contribution in [0, 0.1) is 0 Å². The van der Waals surface area contributed by atoms with Crippen LogP contribution in [-0.2, 0) is 6.18 Å². The van der Waals surface area contributed by atoms with Gasteiger partial charge in [-0.05, 0) is 22.0 Å². The average Bonchev–Trinajstić information content (AvgIpc) is 2.14.